The number of carbonyl (C=O) groups is 2. The average Bonchev–Trinajstić information content (AvgIpc) is 3.31. The quantitative estimate of drug-likeness (QED) is 0.211. The molecule has 0 saturated heterocycles. The van der Waals surface area contributed by atoms with Gasteiger partial charge in [-0.15, -0.1) is 0 Å². The van der Waals surface area contributed by atoms with Crippen molar-refractivity contribution < 1.29 is 27.5 Å². The first-order chi connectivity index (χ1) is 18.2. The van der Waals surface area contributed by atoms with E-state index in [1.165, 1.54) is 14.2 Å². The van der Waals surface area contributed by atoms with Crippen LogP contribution in [-0.4, -0.2) is 55.3 Å². The maximum atomic E-state index is 13.6. The van der Waals surface area contributed by atoms with Gasteiger partial charge in [0.05, 0.1) is 0 Å². The molecule has 38 heavy (non-hydrogen) atoms. The summed E-state index contributed by atoms with van der Waals surface area (Å²) in [5.74, 6) is -2.26. The van der Waals surface area contributed by atoms with Crippen molar-refractivity contribution in [3.05, 3.63) is 96.1 Å². The molecule has 0 aliphatic heterocycles. The van der Waals surface area contributed by atoms with E-state index in [9.17, 15) is 18.0 Å². The standard InChI is InChI=1S/C30H32O6SSe/c1-21-14-16-24(17-15-21)37(33,34)20-23-18-30(28(31)35-2,29(32)36-3)19-26(23)27(22-10-6-4-7-11-22)38-25-12-8-5-9-13-25/h4-17,23,26-27H,18-20H2,1-3H3. The van der Waals surface area contributed by atoms with Crippen molar-refractivity contribution in [1.82, 2.24) is 0 Å². The zero-order valence-corrected chi connectivity index (χ0v) is 24.2. The van der Waals surface area contributed by atoms with Gasteiger partial charge >= 0.3 is 231 Å². The summed E-state index contributed by atoms with van der Waals surface area (Å²) in [4.78, 5) is 26.5. The molecule has 0 aromatic heterocycles. The summed E-state index contributed by atoms with van der Waals surface area (Å²) < 4.78 is 38.6. The number of esters is 2. The van der Waals surface area contributed by atoms with Gasteiger partial charge in [0.25, 0.3) is 0 Å². The van der Waals surface area contributed by atoms with Crippen LogP contribution in [0.3, 0.4) is 0 Å². The molecular formula is C30H32O6SSe. The molecule has 0 radical (unpaired) electrons. The molecule has 6 nitrogen and oxygen atoms in total. The van der Waals surface area contributed by atoms with Crippen LogP contribution in [0.25, 0.3) is 0 Å². The van der Waals surface area contributed by atoms with Crippen molar-refractivity contribution in [2.45, 2.75) is 29.5 Å². The van der Waals surface area contributed by atoms with Gasteiger partial charge in [0.2, 0.25) is 0 Å². The molecular weight excluding hydrogens is 567 g/mol. The van der Waals surface area contributed by atoms with E-state index in [1.54, 1.807) is 24.3 Å². The minimum atomic E-state index is -3.69. The number of methoxy groups -OCH3 is 2. The van der Waals surface area contributed by atoms with E-state index in [2.05, 4.69) is 12.1 Å². The maximum absolute atomic E-state index is 13.6. The van der Waals surface area contributed by atoms with Crippen LogP contribution in [0, 0.1) is 24.2 Å². The van der Waals surface area contributed by atoms with Crippen molar-refractivity contribution in [3.63, 3.8) is 0 Å². The monoisotopic (exact) mass is 600 g/mol. The molecule has 8 heteroatoms. The summed E-state index contributed by atoms with van der Waals surface area (Å²) in [5, 5.41) is 0. The van der Waals surface area contributed by atoms with E-state index >= 15 is 0 Å². The molecule has 4 rings (SSSR count). The predicted molar refractivity (Wildman–Crippen MR) is 147 cm³/mol. The second-order valence-corrected chi connectivity index (χ2v) is 14.3. The zero-order chi connectivity index (χ0) is 27.3. The number of hydrogen-bond donors (Lipinski definition) is 0. The molecule has 0 bridgehead atoms. The molecule has 3 atom stereocenters. The van der Waals surface area contributed by atoms with Gasteiger partial charge in [0.1, 0.15) is 0 Å². The fourth-order valence-electron chi connectivity index (χ4n) is 5.41. The average molecular weight is 600 g/mol. The van der Waals surface area contributed by atoms with Gasteiger partial charge in [0.15, 0.2) is 0 Å². The second-order valence-electron chi connectivity index (χ2n) is 9.75. The van der Waals surface area contributed by atoms with Crippen LogP contribution in [0.15, 0.2) is 89.8 Å². The van der Waals surface area contributed by atoms with E-state index in [0.29, 0.717) is 0 Å². The molecule has 1 saturated carbocycles. The molecule has 1 aliphatic carbocycles. The van der Waals surface area contributed by atoms with Crippen molar-refractivity contribution in [2.24, 2.45) is 17.3 Å². The molecule has 200 valence electrons. The number of aryl methyl sites for hydroxylation is 1. The van der Waals surface area contributed by atoms with Crippen LogP contribution in [0.4, 0.5) is 0 Å². The van der Waals surface area contributed by atoms with Gasteiger partial charge in [-0.2, -0.15) is 0 Å². The molecule has 3 aromatic rings. The normalized spacial score (nSPS) is 19.4. The van der Waals surface area contributed by atoms with E-state index in [1.807, 2.05) is 55.5 Å². The van der Waals surface area contributed by atoms with Gasteiger partial charge in [-0.05, 0) is 0 Å². The van der Waals surface area contributed by atoms with Crippen LogP contribution >= 0.6 is 0 Å². The zero-order valence-electron chi connectivity index (χ0n) is 21.7. The summed E-state index contributed by atoms with van der Waals surface area (Å²) in [6, 6.07) is 26.8. The molecule has 0 spiro atoms. The van der Waals surface area contributed by atoms with Crippen molar-refractivity contribution >= 4 is 41.2 Å². The SMILES string of the molecule is COC(=O)C1(C(=O)OC)CC(CS(=O)(=O)c2ccc(C)cc2)C(C([Se]c2ccccc2)c2ccccc2)C1. The third kappa shape index (κ3) is 5.88. The molecule has 0 N–H and O–H groups in total. The minimum absolute atomic E-state index is 0.0519. The third-order valence-electron chi connectivity index (χ3n) is 7.29. The van der Waals surface area contributed by atoms with Crippen LogP contribution in [0.5, 0.6) is 0 Å². The van der Waals surface area contributed by atoms with Crippen molar-refractivity contribution in [3.8, 4) is 0 Å². The summed E-state index contributed by atoms with van der Waals surface area (Å²) >= 11 is -0.0958. The van der Waals surface area contributed by atoms with Crippen molar-refractivity contribution in [1.29, 1.82) is 0 Å². The number of rotatable bonds is 9. The van der Waals surface area contributed by atoms with Gasteiger partial charge in [-0.25, -0.2) is 0 Å². The van der Waals surface area contributed by atoms with E-state index in [0.717, 1.165) is 15.6 Å². The van der Waals surface area contributed by atoms with Crippen LogP contribution in [0.2, 0.25) is 0 Å². The Hall–Kier alpha value is -2.93. The Labute approximate surface area is 230 Å². The first-order valence-corrected chi connectivity index (χ1v) is 15.9. The fraction of sp³-hybridized carbons (Fsp3) is 0.333. The Morgan fingerprint density at radius 1 is 0.868 bits per heavy atom. The number of hydrogen-bond acceptors (Lipinski definition) is 6. The number of sulfone groups is 1. The first-order valence-electron chi connectivity index (χ1n) is 12.4. The number of ether oxygens (including phenoxy) is 2. The molecule has 1 fully saturated rings. The predicted octanol–water partition coefficient (Wildman–Crippen LogP) is 3.90. The Kier molecular flexibility index (Phi) is 8.76. The third-order valence-corrected chi connectivity index (χ3v) is 12.1. The van der Waals surface area contributed by atoms with Crippen LogP contribution in [0.1, 0.15) is 28.8 Å². The van der Waals surface area contributed by atoms with Gasteiger partial charge < -0.3 is 0 Å². The topological polar surface area (TPSA) is 86.7 Å². The van der Waals surface area contributed by atoms with Crippen LogP contribution in [-0.2, 0) is 28.9 Å². The Morgan fingerprint density at radius 3 is 1.97 bits per heavy atom. The molecule has 3 aromatic carbocycles. The van der Waals surface area contributed by atoms with Gasteiger partial charge in [-0.3, -0.25) is 0 Å². The Bertz CT molecular complexity index is 1340. The molecule has 0 heterocycles. The van der Waals surface area contributed by atoms with Gasteiger partial charge in [0, 0.05) is 0 Å². The Morgan fingerprint density at radius 2 is 1.42 bits per heavy atom. The fourth-order valence-corrected chi connectivity index (χ4v) is 10.0. The Balaban J connectivity index is 1.81. The summed E-state index contributed by atoms with van der Waals surface area (Å²) in [6.45, 7) is 1.90. The number of carbonyl (C=O) groups excluding carboxylic acids is 2. The summed E-state index contributed by atoms with van der Waals surface area (Å²) in [5.41, 5.74) is 0.471. The molecule has 1 aliphatic rings. The van der Waals surface area contributed by atoms with Gasteiger partial charge in [-0.1, -0.05) is 0 Å². The summed E-state index contributed by atoms with van der Waals surface area (Å²) in [7, 11) is -1.19. The first kappa shape index (κ1) is 28.1. The molecule has 3 unspecified atom stereocenters. The summed E-state index contributed by atoms with van der Waals surface area (Å²) in [6.07, 6.45) is 0.213. The van der Waals surface area contributed by atoms with E-state index in [-0.39, 0.29) is 49.2 Å². The molecule has 0 amide bonds. The van der Waals surface area contributed by atoms with Crippen molar-refractivity contribution in [2.75, 3.05) is 20.0 Å². The van der Waals surface area contributed by atoms with Crippen LogP contribution < -0.4 is 4.46 Å². The second kappa shape index (κ2) is 11.9. The number of benzene rings is 3. The van der Waals surface area contributed by atoms with E-state index < -0.39 is 33.1 Å². The van der Waals surface area contributed by atoms with E-state index in [4.69, 9.17) is 9.47 Å².